The molecule has 1 atom stereocenters. The van der Waals surface area contributed by atoms with Crippen molar-refractivity contribution < 1.29 is 9.53 Å². The number of rotatable bonds is 8. The van der Waals surface area contributed by atoms with Crippen molar-refractivity contribution in [3.63, 3.8) is 0 Å². The van der Waals surface area contributed by atoms with E-state index in [4.69, 9.17) is 4.74 Å². The van der Waals surface area contributed by atoms with Crippen molar-refractivity contribution in [2.45, 2.75) is 37.6 Å². The van der Waals surface area contributed by atoms with E-state index in [0.717, 1.165) is 33.4 Å². The van der Waals surface area contributed by atoms with Gasteiger partial charge >= 0.3 is 0 Å². The first-order chi connectivity index (χ1) is 15.9. The van der Waals surface area contributed by atoms with Gasteiger partial charge in [-0.2, -0.15) is 0 Å². The number of aromatic nitrogens is 4. The maximum atomic E-state index is 12.8. The summed E-state index contributed by atoms with van der Waals surface area (Å²) >= 11 is 2.85. The van der Waals surface area contributed by atoms with Gasteiger partial charge in [0, 0.05) is 17.0 Å². The number of hydrogen-bond donors (Lipinski definition) is 1. The lowest BCUT2D eigenvalue weighted by molar-refractivity contribution is -0.115. The number of nitrogens with one attached hydrogen (secondary N) is 1. The maximum Gasteiger partial charge on any atom is 0.239 e. The topological polar surface area (TPSA) is 81.9 Å². The van der Waals surface area contributed by atoms with Crippen molar-refractivity contribution in [2.75, 3.05) is 12.4 Å². The number of thioether (sulfide) groups is 1. The molecule has 0 saturated carbocycles. The second-order valence-corrected chi connectivity index (χ2v) is 10.0. The number of ether oxygens (including phenoxy) is 1. The van der Waals surface area contributed by atoms with Gasteiger partial charge < -0.3 is 10.1 Å². The largest absolute Gasteiger partial charge is 0.497 e. The third-order valence-corrected chi connectivity index (χ3v) is 7.18. The van der Waals surface area contributed by atoms with Crippen LogP contribution in [0.1, 0.15) is 28.9 Å². The monoisotopic (exact) mass is 479 g/mol. The van der Waals surface area contributed by atoms with Crippen LogP contribution in [0.3, 0.4) is 0 Å². The van der Waals surface area contributed by atoms with Crippen molar-refractivity contribution in [1.29, 1.82) is 0 Å². The Bertz CT molecular complexity index is 1220. The minimum Gasteiger partial charge on any atom is -0.497 e. The van der Waals surface area contributed by atoms with Crippen LogP contribution in [0.2, 0.25) is 0 Å². The number of nitrogens with zero attached hydrogens (tertiary/aromatic N) is 4. The van der Waals surface area contributed by atoms with Crippen LogP contribution in [0.4, 0.5) is 5.13 Å². The summed E-state index contributed by atoms with van der Waals surface area (Å²) in [4.78, 5) is 18.3. The predicted molar refractivity (Wildman–Crippen MR) is 133 cm³/mol. The highest BCUT2D eigenvalue weighted by molar-refractivity contribution is 8.00. The Balaban J connectivity index is 1.57. The van der Waals surface area contributed by atoms with Crippen LogP contribution in [0, 0.1) is 13.8 Å². The molecule has 9 heteroatoms. The summed E-state index contributed by atoms with van der Waals surface area (Å²) < 4.78 is 7.27. The first kappa shape index (κ1) is 23.0. The SMILES string of the molecule is COc1ccc(Cc2nnc(S[C@@H](C)C(=O)Nc3nc(C)c(C)s3)n2-c2ccccc2)cc1. The molecule has 0 unspecified atom stereocenters. The van der Waals surface area contributed by atoms with E-state index in [1.54, 1.807) is 7.11 Å². The Morgan fingerprint density at radius 3 is 2.48 bits per heavy atom. The molecule has 2 heterocycles. The lowest BCUT2D eigenvalue weighted by atomic mass is 10.1. The fourth-order valence-electron chi connectivity index (χ4n) is 3.20. The molecule has 0 aliphatic rings. The van der Waals surface area contributed by atoms with E-state index in [-0.39, 0.29) is 11.2 Å². The van der Waals surface area contributed by atoms with Crippen LogP contribution in [-0.4, -0.2) is 38.0 Å². The van der Waals surface area contributed by atoms with Crippen molar-refractivity contribution in [3.05, 3.63) is 76.6 Å². The number of amides is 1. The second kappa shape index (κ2) is 10.2. The van der Waals surface area contributed by atoms with Gasteiger partial charge in [-0.1, -0.05) is 42.1 Å². The fourth-order valence-corrected chi connectivity index (χ4v) is 4.90. The van der Waals surface area contributed by atoms with Crippen molar-refractivity contribution in [2.24, 2.45) is 0 Å². The predicted octanol–water partition coefficient (Wildman–Crippen LogP) is 5.06. The third-order valence-electron chi connectivity index (χ3n) is 5.15. The van der Waals surface area contributed by atoms with Gasteiger partial charge in [0.25, 0.3) is 0 Å². The molecular weight excluding hydrogens is 454 g/mol. The standard InChI is InChI=1S/C24H25N5O2S2/c1-15-16(2)32-23(25-15)26-22(30)17(3)33-24-28-27-21(29(24)19-8-6-5-7-9-19)14-18-10-12-20(31-4)13-11-18/h5-13,17H,14H2,1-4H3,(H,25,26,30)/t17-/m0/s1. The highest BCUT2D eigenvalue weighted by atomic mass is 32.2. The molecule has 33 heavy (non-hydrogen) atoms. The zero-order valence-electron chi connectivity index (χ0n) is 18.9. The zero-order valence-corrected chi connectivity index (χ0v) is 20.5. The summed E-state index contributed by atoms with van der Waals surface area (Å²) in [6.07, 6.45) is 0.602. The lowest BCUT2D eigenvalue weighted by Gasteiger charge is -2.13. The van der Waals surface area contributed by atoms with E-state index >= 15 is 0 Å². The molecule has 0 radical (unpaired) electrons. The Hall–Kier alpha value is -3.17. The van der Waals surface area contributed by atoms with E-state index in [2.05, 4.69) is 20.5 Å². The van der Waals surface area contributed by atoms with E-state index in [9.17, 15) is 4.79 Å². The Morgan fingerprint density at radius 2 is 1.85 bits per heavy atom. The van der Waals surface area contributed by atoms with E-state index in [0.29, 0.717) is 16.7 Å². The van der Waals surface area contributed by atoms with Gasteiger partial charge in [-0.3, -0.25) is 9.36 Å². The first-order valence-corrected chi connectivity index (χ1v) is 12.2. The number of carbonyl (C=O) groups is 1. The summed E-state index contributed by atoms with van der Waals surface area (Å²) in [6, 6.07) is 17.8. The molecule has 1 N–H and O–H groups in total. The minimum atomic E-state index is -0.380. The second-order valence-electron chi connectivity index (χ2n) is 7.50. The molecule has 7 nitrogen and oxygen atoms in total. The van der Waals surface area contributed by atoms with Crippen LogP contribution >= 0.6 is 23.1 Å². The van der Waals surface area contributed by atoms with Crippen LogP contribution in [-0.2, 0) is 11.2 Å². The molecule has 4 aromatic rings. The molecular formula is C24H25N5O2S2. The highest BCUT2D eigenvalue weighted by Crippen LogP contribution is 2.28. The van der Waals surface area contributed by atoms with Crippen LogP contribution in [0.25, 0.3) is 5.69 Å². The van der Waals surface area contributed by atoms with Crippen LogP contribution in [0.15, 0.2) is 59.8 Å². The fraction of sp³-hybridized carbons (Fsp3) is 0.250. The van der Waals surface area contributed by atoms with E-state index in [1.807, 2.05) is 79.9 Å². The van der Waals surface area contributed by atoms with Crippen LogP contribution in [0.5, 0.6) is 5.75 Å². The number of methoxy groups -OCH3 is 1. The Morgan fingerprint density at radius 1 is 1.12 bits per heavy atom. The average molecular weight is 480 g/mol. The number of para-hydroxylation sites is 1. The minimum absolute atomic E-state index is 0.118. The molecule has 2 aromatic carbocycles. The molecule has 0 aliphatic carbocycles. The number of carbonyl (C=O) groups excluding carboxylic acids is 1. The molecule has 1 amide bonds. The van der Waals surface area contributed by atoms with Gasteiger partial charge in [0.1, 0.15) is 11.6 Å². The molecule has 0 aliphatic heterocycles. The number of benzene rings is 2. The molecule has 0 bridgehead atoms. The quantitative estimate of drug-likeness (QED) is 0.356. The Kier molecular flexibility index (Phi) is 7.10. The van der Waals surface area contributed by atoms with Gasteiger partial charge in [0.05, 0.1) is 18.1 Å². The van der Waals surface area contributed by atoms with Crippen molar-refractivity contribution in [3.8, 4) is 11.4 Å². The summed E-state index contributed by atoms with van der Waals surface area (Å²) in [7, 11) is 1.65. The molecule has 0 fully saturated rings. The van der Waals surface area contributed by atoms with E-state index in [1.165, 1.54) is 23.1 Å². The molecule has 4 rings (SSSR count). The van der Waals surface area contributed by atoms with Crippen LogP contribution < -0.4 is 10.1 Å². The normalized spacial score (nSPS) is 11.9. The molecule has 0 saturated heterocycles. The van der Waals surface area contributed by atoms with Gasteiger partial charge in [0.2, 0.25) is 5.91 Å². The number of anilines is 1. The smallest absolute Gasteiger partial charge is 0.239 e. The first-order valence-electron chi connectivity index (χ1n) is 10.5. The lowest BCUT2D eigenvalue weighted by Crippen LogP contribution is -2.22. The van der Waals surface area contributed by atoms with Gasteiger partial charge in [0.15, 0.2) is 10.3 Å². The van der Waals surface area contributed by atoms with Crippen molar-refractivity contribution in [1.82, 2.24) is 19.7 Å². The molecule has 170 valence electrons. The summed E-state index contributed by atoms with van der Waals surface area (Å²) in [6.45, 7) is 5.79. The zero-order chi connectivity index (χ0) is 23.4. The van der Waals surface area contributed by atoms with Gasteiger partial charge in [-0.05, 0) is 50.6 Å². The van der Waals surface area contributed by atoms with Gasteiger partial charge in [-0.15, -0.1) is 21.5 Å². The summed E-state index contributed by atoms with van der Waals surface area (Å²) in [5, 5.41) is 12.7. The summed E-state index contributed by atoms with van der Waals surface area (Å²) in [5.41, 5.74) is 2.98. The number of aryl methyl sites for hydroxylation is 2. The average Bonchev–Trinajstić information content (AvgIpc) is 3.36. The summed E-state index contributed by atoms with van der Waals surface area (Å²) in [5.74, 6) is 1.49. The third kappa shape index (κ3) is 5.43. The number of hydrogen-bond acceptors (Lipinski definition) is 7. The molecule has 2 aromatic heterocycles. The highest BCUT2D eigenvalue weighted by Gasteiger charge is 2.22. The maximum absolute atomic E-state index is 12.8. The Labute approximate surface area is 201 Å². The van der Waals surface area contributed by atoms with Gasteiger partial charge in [-0.25, -0.2) is 4.98 Å². The number of thiazole rings is 1. The molecule has 0 spiro atoms. The van der Waals surface area contributed by atoms with Crippen molar-refractivity contribution >= 4 is 34.1 Å². The van der Waals surface area contributed by atoms with E-state index < -0.39 is 0 Å².